The van der Waals surface area contributed by atoms with E-state index in [1.807, 2.05) is 19.1 Å². The summed E-state index contributed by atoms with van der Waals surface area (Å²) in [7, 11) is -2.18. The summed E-state index contributed by atoms with van der Waals surface area (Å²) in [6.45, 7) is 5.59. The summed E-state index contributed by atoms with van der Waals surface area (Å²) in [5.41, 5.74) is 1.68. The van der Waals surface area contributed by atoms with E-state index >= 15 is 0 Å². The molecule has 1 N–H and O–H groups in total. The third kappa shape index (κ3) is 4.95. The molecule has 0 fully saturated rings. The van der Waals surface area contributed by atoms with Gasteiger partial charge in [-0.2, -0.15) is 4.31 Å². The Bertz CT molecular complexity index is 1040. The van der Waals surface area contributed by atoms with E-state index in [2.05, 4.69) is 4.98 Å². The number of aliphatic hydroxyl groups is 1. The molecule has 1 aliphatic rings. The predicted octanol–water partition coefficient (Wildman–Crippen LogP) is 2.39. The van der Waals surface area contributed by atoms with Crippen LogP contribution in [0, 0.1) is 5.92 Å². The molecule has 0 bridgehead atoms. The standard InChI is InChI=1S/C23H31N3O5S/c1-5-23(28)25(4)14-21-16(2)13-26(17(3)15-27)32(29,30)22-7-6-19(12-20(22)31-21)18-8-10-24-11-9-18/h6-12,16-17,21,27H,5,13-15H2,1-4H3/t16-,17+,21-/m0/s1. The lowest BCUT2D eigenvalue weighted by Crippen LogP contribution is -2.50. The number of nitrogens with zero attached hydrogens (tertiary/aromatic N) is 3. The van der Waals surface area contributed by atoms with Crippen LogP contribution in [-0.2, 0) is 14.8 Å². The van der Waals surface area contributed by atoms with E-state index in [-0.39, 0.29) is 35.6 Å². The van der Waals surface area contributed by atoms with E-state index in [1.54, 1.807) is 56.4 Å². The van der Waals surface area contributed by atoms with Crippen LogP contribution < -0.4 is 4.74 Å². The van der Waals surface area contributed by atoms with Gasteiger partial charge in [0, 0.05) is 44.4 Å². The molecule has 1 aromatic carbocycles. The second-order valence-electron chi connectivity index (χ2n) is 8.27. The Morgan fingerprint density at radius 3 is 2.59 bits per heavy atom. The van der Waals surface area contributed by atoms with Crippen LogP contribution in [0.3, 0.4) is 0 Å². The molecular formula is C23H31N3O5S. The highest BCUT2D eigenvalue weighted by Gasteiger charge is 2.38. The van der Waals surface area contributed by atoms with Crippen molar-refractivity contribution in [2.45, 2.75) is 44.2 Å². The molecule has 0 aliphatic carbocycles. The summed E-state index contributed by atoms with van der Waals surface area (Å²) >= 11 is 0. The first-order chi connectivity index (χ1) is 15.2. The zero-order valence-corrected chi connectivity index (χ0v) is 19.7. The third-order valence-corrected chi connectivity index (χ3v) is 7.88. The van der Waals surface area contributed by atoms with Crippen molar-refractivity contribution in [1.82, 2.24) is 14.2 Å². The first-order valence-corrected chi connectivity index (χ1v) is 12.2. The molecule has 32 heavy (non-hydrogen) atoms. The number of carbonyl (C=O) groups is 1. The van der Waals surface area contributed by atoms with Crippen LogP contribution in [-0.4, -0.2) is 72.5 Å². The van der Waals surface area contributed by atoms with Gasteiger partial charge in [-0.3, -0.25) is 9.78 Å². The Labute approximate surface area is 189 Å². The lowest BCUT2D eigenvalue weighted by atomic mass is 10.0. The van der Waals surface area contributed by atoms with E-state index in [4.69, 9.17) is 4.74 Å². The van der Waals surface area contributed by atoms with Crippen LogP contribution in [0.1, 0.15) is 27.2 Å². The number of fused-ring (bicyclic) bond motifs is 1. The van der Waals surface area contributed by atoms with Crippen LogP contribution in [0.5, 0.6) is 5.75 Å². The molecule has 174 valence electrons. The maximum absolute atomic E-state index is 13.5. The Hall–Kier alpha value is -2.49. The highest BCUT2D eigenvalue weighted by Crippen LogP contribution is 2.36. The number of hydrogen-bond donors (Lipinski definition) is 1. The van der Waals surface area contributed by atoms with Gasteiger partial charge in [-0.15, -0.1) is 0 Å². The normalized spacial score (nSPS) is 21.5. The molecule has 0 saturated heterocycles. The van der Waals surface area contributed by atoms with Crippen LogP contribution >= 0.6 is 0 Å². The average molecular weight is 462 g/mol. The number of amides is 1. The van der Waals surface area contributed by atoms with Crippen LogP contribution in [0.4, 0.5) is 0 Å². The molecule has 9 heteroatoms. The quantitative estimate of drug-likeness (QED) is 0.709. The van der Waals surface area contributed by atoms with Crippen molar-refractivity contribution in [2.75, 3.05) is 26.7 Å². The van der Waals surface area contributed by atoms with Gasteiger partial charge in [0.05, 0.1) is 13.2 Å². The van der Waals surface area contributed by atoms with Gasteiger partial charge < -0.3 is 14.7 Å². The summed E-state index contributed by atoms with van der Waals surface area (Å²) in [5, 5.41) is 9.73. The van der Waals surface area contributed by atoms with Gasteiger partial charge in [0.2, 0.25) is 15.9 Å². The average Bonchev–Trinajstić information content (AvgIpc) is 2.80. The Morgan fingerprint density at radius 2 is 1.97 bits per heavy atom. The van der Waals surface area contributed by atoms with E-state index in [9.17, 15) is 18.3 Å². The number of pyridine rings is 1. The fourth-order valence-electron chi connectivity index (χ4n) is 3.81. The van der Waals surface area contributed by atoms with Gasteiger partial charge >= 0.3 is 0 Å². The molecule has 1 aliphatic heterocycles. The number of benzene rings is 1. The topological polar surface area (TPSA) is 100 Å². The molecule has 1 amide bonds. The molecule has 3 atom stereocenters. The number of likely N-dealkylation sites (N-methyl/N-ethyl adjacent to an activating group) is 1. The van der Waals surface area contributed by atoms with Gasteiger partial charge in [0.1, 0.15) is 16.7 Å². The van der Waals surface area contributed by atoms with Crippen molar-refractivity contribution in [1.29, 1.82) is 0 Å². The van der Waals surface area contributed by atoms with Gasteiger partial charge in [0.25, 0.3) is 0 Å². The minimum Gasteiger partial charge on any atom is -0.487 e. The van der Waals surface area contributed by atoms with E-state index < -0.39 is 22.2 Å². The van der Waals surface area contributed by atoms with Gasteiger partial charge in [-0.25, -0.2) is 8.42 Å². The zero-order chi connectivity index (χ0) is 23.5. The second kappa shape index (κ2) is 9.97. The van der Waals surface area contributed by atoms with Crippen molar-refractivity contribution in [3.8, 4) is 16.9 Å². The predicted molar refractivity (Wildman–Crippen MR) is 122 cm³/mol. The summed E-state index contributed by atoms with van der Waals surface area (Å²) in [6.07, 6.45) is 3.29. The van der Waals surface area contributed by atoms with Gasteiger partial charge in [-0.1, -0.05) is 19.9 Å². The maximum Gasteiger partial charge on any atom is 0.247 e. The van der Waals surface area contributed by atoms with Crippen LogP contribution in [0.15, 0.2) is 47.6 Å². The fourth-order valence-corrected chi connectivity index (χ4v) is 5.63. The third-order valence-electron chi connectivity index (χ3n) is 5.86. The lowest BCUT2D eigenvalue weighted by molar-refractivity contribution is -0.131. The fraction of sp³-hybridized carbons (Fsp3) is 0.478. The Balaban J connectivity index is 2.11. The molecule has 3 rings (SSSR count). The monoisotopic (exact) mass is 461 g/mol. The molecule has 2 heterocycles. The molecule has 0 radical (unpaired) electrons. The molecule has 0 spiro atoms. The lowest BCUT2D eigenvalue weighted by Gasteiger charge is -2.37. The van der Waals surface area contributed by atoms with Crippen LogP contribution in [0.25, 0.3) is 11.1 Å². The second-order valence-corrected chi connectivity index (χ2v) is 10.1. The Morgan fingerprint density at radius 1 is 1.28 bits per heavy atom. The van der Waals surface area contributed by atoms with E-state index in [0.717, 1.165) is 11.1 Å². The molecule has 1 aromatic heterocycles. The number of aliphatic hydroxyl groups excluding tert-OH is 1. The van der Waals surface area contributed by atoms with Gasteiger partial charge in [0.15, 0.2) is 0 Å². The van der Waals surface area contributed by atoms with E-state index in [0.29, 0.717) is 13.0 Å². The summed E-state index contributed by atoms with van der Waals surface area (Å²) < 4.78 is 34.7. The largest absolute Gasteiger partial charge is 0.487 e. The van der Waals surface area contributed by atoms with Crippen molar-refractivity contribution in [2.24, 2.45) is 5.92 Å². The number of aromatic nitrogens is 1. The SMILES string of the molecule is CCC(=O)N(C)C[C@@H]1Oc2cc(-c3ccncc3)ccc2S(=O)(=O)N([C@H](C)CO)C[C@@H]1C. The minimum absolute atomic E-state index is 0.0122. The summed E-state index contributed by atoms with van der Waals surface area (Å²) in [6, 6.07) is 8.09. The highest BCUT2D eigenvalue weighted by molar-refractivity contribution is 7.89. The Kier molecular flexibility index (Phi) is 7.53. The summed E-state index contributed by atoms with van der Waals surface area (Å²) in [4.78, 5) is 17.9. The first-order valence-electron chi connectivity index (χ1n) is 10.8. The first kappa shape index (κ1) is 24.2. The molecule has 0 saturated carbocycles. The number of hydrogen-bond acceptors (Lipinski definition) is 6. The summed E-state index contributed by atoms with van der Waals surface area (Å²) in [5.74, 6) is 0.00813. The minimum atomic E-state index is -3.90. The van der Waals surface area contributed by atoms with Crippen molar-refractivity contribution in [3.05, 3.63) is 42.7 Å². The number of rotatable bonds is 6. The molecular weight excluding hydrogens is 430 g/mol. The number of carbonyl (C=O) groups excluding carboxylic acids is 1. The number of ether oxygens (including phenoxy) is 1. The van der Waals surface area contributed by atoms with Crippen molar-refractivity contribution < 1.29 is 23.1 Å². The van der Waals surface area contributed by atoms with Gasteiger partial charge in [-0.05, 0) is 42.3 Å². The van der Waals surface area contributed by atoms with Crippen molar-refractivity contribution in [3.63, 3.8) is 0 Å². The molecule has 0 unspecified atom stereocenters. The van der Waals surface area contributed by atoms with E-state index in [1.165, 1.54) is 4.31 Å². The zero-order valence-electron chi connectivity index (χ0n) is 18.9. The van der Waals surface area contributed by atoms with Crippen molar-refractivity contribution >= 4 is 15.9 Å². The van der Waals surface area contributed by atoms with Crippen LogP contribution in [0.2, 0.25) is 0 Å². The molecule has 8 nitrogen and oxygen atoms in total. The smallest absolute Gasteiger partial charge is 0.247 e. The number of sulfonamides is 1. The maximum atomic E-state index is 13.5. The molecule has 2 aromatic rings. The highest BCUT2D eigenvalue weighted by atomic mass is 32.2.